The Morgan fingerprint density at radius 3 is 3.05 bits per heavy atom. The first-order valence-corrected chi connectivity index (χ1v) is 7.33. The highest BCUT2D eigenvalue weighted by Crippen LogP contribution is 2.19. The third kappa shape index (κ3) is 3.51. The average Bonchev–Trinajstić information content (AvgIpc) is 2.97. The van der Waals surface area contributed by atoms with Crippen molar-refractivity contribution >= 4 is 5.82 Å². The van der Waals surface area contributed by atoms with Gasteiger partial charge in [0.2, 0.25) is 5.88 Å². The average molecular weight is 302 g/mol. The van der Waals surface area contributed by atoms with Crippen LogP contribution in [0.1, 0.15) is 12.0 Å². The van der Waals surface area contributed by atoms with Gasteiger partial charge in [-0.2, -0.15) is 0 Å². The van der Waals surface area contributed by atoms with E-state index in [9.17, 15) is 4.39 Å². The molecule has 2 aromatic rings. The van der Waals surface area contributed by atoms with Gasteiger partial charge in [-0.1, -0.05) is 18.2 Å². The Morgan fingerprint density at radius 1 is 1.36 bits per heavy atom. The van der Waals surface area contributed by atoms with Crippen LogP contribution in [0.3, 0.4) is 0 Å². The van der Waals surface area contributed by atoms with Crippen LogP contribution in [0.15, 0.2) is 36.7 Å². The lowest BCUT2D eigenvalue weighted by molar-refractivity contribution is 0.323. The molecule has 1 unspecified atom stereocenters. The number of nitrogens with one attached hydrogen (secondary N) is 1. The van der Waals surface area contributed by atoms with E-state index in [4.69, 9.17) is 4.74 Å². The summed E-state index contributed by atoms with van der Waals surface area (Å²) >= 11 is 0. The molecule has 0 saturated carbocycles. The number of halogens is 1. The Morgan fingerprint density at radius 2 is 2.23 bits per heavy atom. The van der Waals surface area contributed by atoms with Crippen molar-refractivity contribution in [3.8, 4) is 5.88 Å². The van der Waals surface area contributed by atoms with E-state index in [0.717, 1.165) is 30.9 Å². The molecule has 1 aromatic heterocycles. The van der Waals surface area contributed by atoms with Crippen LogP contribution in [-0.2, 0) is 6.54 Å². The zero-order valence-corrected chi connectivity index (χ0v) is 12.5. The maximum absolute atomic E-state index is 13.7. The lowest BCUT2D eigenvalue weighted by Gasteiger charge is -2.17. The van der Waals surface area contributed by atoms with Crippen molar-refractivity contribution in [2.75, 3.05) is 25.5 Å². The number of ether oxygens (including phenoxy) is 1. The SMILES string of the molecule is COc1cc(NC2CCN(Cc3ccccc3F)C2)ncn1. The first kappa shape index (κ1) is 14.7. The molecule has 0 radical (unpaired) electrons. The smallest absolute Gasteiger partial charge is 0.218 e. The summed E-state index contributed by atoms with van der Waals surface area (Å²) in [6.45, 7) is 2.44. The molecule has 5 nitrogen and oxygen atoms in total. The quantitative estimate of drug-likeness (QED) is 0.918. The summed E-state index contributed by atoms with van der Waals surface area (Å²) in [5, 5.41) is 3.38. The standard InChI is InChI=1S/C16H19FN4O/c1-22-16-8-15(18-11-19-16)20-13-6-7-21(10-13)9-12-4-2-3-5-14(12)17/h2-5,8,11,13H,6-7,9-10H2,1H3,(H,18,19,20). The fourth-order valence-electron chi connectivity index (χ4n) is 2.70. The van der Waals surface area contributed by atoms with Crippen LogP contribution in [0.2, 0.25) is 0 Å². The molecule has 0 bridgehead atoms. The molecule has 0 spiro atoms. The van der Waals surface area contributed by atoms with Gasteiger partial charge in [-0.05, 0) is 12.5 Å². The molecule has 1 saturated heterocycles. The van der Waals surface area contributed by atoms with Crippen molar-refractivity contribution in [3.63, 3.8) is 0 Å². The molecule has 1 atom stereocenters. The highest BCUT2D eigenvalue weighted by atomic mass is 19.1. The van der Waals surface area contributed by atoms with Crippen molar-refractivity contribution in [1.29, 1.82) is 0 Å². The fraction of sp³-hybridized carbons (Fsp3) is 0.375. The molecule has 1 fully saturated rings. The Bertz CT molecular complexity index is 637. The predicted octanol–water partition coefficient (Wildman–Crippen LogP) is 2.31. The largest absolute Gasteiger partial charge is 0.481 e. The molecule has 1 aliphatic rings. The van der Waals surface area contributed by atoms with Crippen LogP contribution < -0.4 is 10.1 Å². The van der Waals surface area contributed by atoms with Crippen LogP contribution in [0.4, 0.5) is 10.2 Å². The molecule has 6 heteroatoms. The van der Waals surface area contributed by atoms with E-state index in [2.05, 4.69) is 20.2 Å². The van der Waals surface area contributed by atoms with E-state index in [1.54, 1.807) is 19.2 Å². The topological polar surface area (TPSA) is 50.3 Å². The van der Waals surface area contributed by atoms with Gasteiger partial charge < -0.3 is 10.1 Å². The lowest BCUT2D eigenvalue weighted by atomic mass is 10.2. The number of methoxy groups -OCH3 is 1. The zero-order chi connectivity index (χ0) is 15.4. The number of benzene rings is 1. The normalized spacial score (nSPS) is 18.4. The Labute approximate surface area is 129 Å². The maximum Gasteiger partial charge on any atom is 0.218 e. The van der Waals surface area contributed by atoms with Crippen molar-refractivity contribution in [2.24, 2.45) is 0 Å². The van der Waals surface area contributed by atoms with Gasteiger partial charge in [-0.15, -0.1) is 0 Å². The summed E-state index contributed by atoms with van der Waals surface area (Å²) in [6.07, 6.45) is 2.48. The van der Waals surface area contributed by atoms with Crippen LogP contribution in [0.5, 0.6) is 5.88 Å². The van der Waals surface area contributed by atoms with E-state index in [1.807, 2.05) is 12.1 Å². The number of hydrogen-bond donors (Lipinski definition) is 1. The molecule has 1 N–H and O–H groups in total. The highest BCUT2D eigenvalue weighted by Gasteiger charge is 2.23. The van der Waals surface area contributed by atoms with Crippen LogP contribution in [0.25, 0.3) is 0 Å². The minimum absolute atomic E-state index is 0.139. The highest BCUT2D eigenvalue weighted by molar-refractivity contribution is 5.38. The second-order valence-electron chi connectivity index (χ2n) is 5.40. The van der Waals surface area contributed by atoms with Crippen molar-refractivity contribution in [3.05, 3.63) is 48.0 Å². The van der Waals surface area contributed by atoms with Gasteiger partial charge in [-0.25, -0.2) is 14.4 Å². The Hall–Kier alpha value is -2.21. The van der Waals surface area contributed by atoms with Gasteiger partial charge in [0.1, 0.15) is 18.0 Å². The number of rotatable bonds is 5. The van der Waals surface area contributed by atoms with E-state index in [1.165, 1.54) is 12.4 Å². The number of likely N-dealkylation sites (tertiary alicyclic amines) is 1. The molecule has 116 valence electrons. The summed E-state index contributed by atoms with van der Waals surface area (Å²) in [5.41, 5.74) is 0.742. The second kappa shape index (κ2) is 6.70. The van der Waals surface area contributed by atoms with Crippen molar-refractivity contribution < 1.29 is 9.13 Å². The molecule has 0 amide bonds. The van der Waals surface area contributed by atoms with E-state index < -0.39 is 0 Å². The van der Waals surface area contributed by atoms with Crippen LogP contribution in [0, 0.1) is 5.82 Å². The number of aromatic nitrogens is 2. The third-order valence-corrected chi connectivity index (χ3v) is 3.83. The summed E-state index contributed by atoms with van der Waals surface area (Å²) in [5.74, 6) is 1.16. The Balaban J connectivity index is 1.57. The monoisotopic (exact) mass is 302 g/mol. The first-order chi connectivity index (χ1) is 10.7. The minimum atomic E-state index is -0.139. The third-order valence-electron chi connectivity index (χ3n) is 3.83. The van der Waals surface area contributed by atoms with Gasteiger partial charge in [0.15, 0.2) is 0 Å². The summed E-state index contributed by atoms with van der Waals surface area (Å²) in [7, 11) is 1.58. The predicted molar refractivity (Wildman–Crippen MR) is 82.3 cm³/mol. The summed E-state index contributed by atoms with van der Waals surface area (Å²) < 4.78 is 18.8. The molecule has 0 aliphatic carbocycles. The second-order valence-corrected chi connectivity index (χ2v) is 5.40. The van der Waals surface area contributed by atoms with Crippen LogP contribution in [-0.4, -0.2) is 41.1 Å². The summed E-state index contributed by atoms with van der Waals surface area (Å²) in [4.78, 5) is 10.4. The van der Waals surface area contributed by atoms with Crippen molar-refractivity contribution in [2.45, 2.75) is 19.0 Å². The molecule has 1 aliphatic heterocycles. The van der Waals surface area contributed by atoms with Gasteiger partial charge in [0.05, 0.1) is 7.11 Å². The molecular weight excluding hydrogens is 283 g/mol. The molecular formula is C16H19FN4O. The van der Waals surface area contributed by atoms with E-state index in [-0.39, 0.29) is 5.82 Å². The maximum atomic E-state index is 13.7. The number of anilines is 1. The van der Waals surface area contributed by atoms with E-state index in [0.29, 0.717) is 18.5 Å². The fourth-order valence-corrected chi connectivity index (χ4v) is 2.70. The van der Waals surface area contributed by atoms with Gasteiger partial charge in [0, 0.05) is 37.3 Å². The number of nitrogens with zero attached hydrogens (tertiary/aromatic N) is 3. The van der Waals surface area contributed by atoms with E-state index >= 15 is 0 Å². The lowest BCUT2D eigenvalue weighted by Crippen LogP contribution is -2.26. The molecule has 1 aromatic carbocycles. The van der Waals surface area contributed by atoms with Gasteiger partial charge >= 0.3 is 0 Å². The zero-order valence-electron chi connectivity index (χ0n) is 12.5. The molecule has 22 heavy (non-hydrogen) atoms. The van der Waals surface area contributed by atoms with Gasteiger partial charge in [-0.3, -0.25) is 4.90 Å². The summed E-state index contributed by atoms with van der Waals surface area (Å²) in [6, 6.07) is 9.01. The van der Waals surface area contributed by atoms with Gasteiger partial charge in [0.25, 0.3) is 0 Å². The van der Waals surface area contributed by atoms with Crippen LogP contribution >= 0.6 is 0 Å². The first-order valence-electron chi connectivity index (χ1n) is 7.33. The number of hydrogen-bond acceptors (Lipinski definition) is 5. The molecule has 3 rings (SSSR count). The Kier molecular flexibility index (Phi) is 4.48. The minimum Gasteiger partial charge on any atom is -0.481 e. The molecule has 2 heterocycles. The van der Waals surface area contributed by atoms with Crippen molar-refractivity contribution in [1.82, 2.24) is 14.9 Å².